The van der Waals surface area contributed by atoms with E-state index in [1.807, 2.05) is 0 Å². The molecule has 3 aromatic rings. The number of aromatic nitrogens is 3. The van der Waals surface area contributed by atoms with Crippen LogP contribution in [0.25, 0.3) is 11.4 Å². The molecular formula is C15H12FN3O2. The van der Waals surface area contributed by atoms with Gasteiger partial charge in [0.25, 0.3) is 5.89 Å². The molecule has 0 aliphatic rings. The van der Waals surface area contributed by atoms with Crippen molar-refractivity contribution in [3.05, 3.63) is 66.1 Å². The number of pyridine rings is 1. The molecule has 1 aromatic carbocycles. The monoisotopic (exact) mass is 285 g/mol. The Balaban J connectivity index is 1.96. The zero-order chi connectivity index (χ0) is 14.9. The van der Waals surface area contributed by atoms with E-state index in [1.54, 1.807) is 43.6 Å². The summed E-state index contributed by atoms with van der Waals surface area (Å²) >= 11 is 0. The molecule has 2 heterocycles. The zero-order valence-corrected chi connectivity index (χ0v) is 11.2. The van der Waals surface area contributed by atoms with Gasteiger partial charge in [-0.25, -0.2) is 4.39 Å². The highest BCUT2D eigenvalue weighted by atomic mass is 19.1. The molecule has 0 bridgehead atoms. The summed E-state index contributed by atoms with van der Waals surface area (Å²) in [6, 6.07) is 9.05. The van der Waals surface area contributed by atoms with Crippen molar-refractivity contribution in [3.8, 4) is 11.4 Å². The molecule has 0 radical (unpaired) electrons. The minimum Gasteiger partial charge on any atom is -0.376 e. The Hall–Kier alpha value is -2.60. The van der Waals surface area contributed by atoms with Gasteiger partial charge in [-0.3, -0.25) is 4.98 Å². The molecule has 6 heteroatoms. The predicted octanol–water partition coefficient (Wildman–Crippen LogP) is 2.53. The Morgan fingerprint density at radius 3 is 2.43 bits per heavy atom. The van der Waals surface area contributed by atoms with E-state index in [-0.39, 0.29) is 11.7 Å². The molecule has 3 rings (SSSR count). The van der Waals surface area contributed by atoms with Crippen LogP contribution in [0.1, 0.15) is 18.4 Å². The lowest BCUT2D eigenvalue weighted by Crippen LogP contribution is -2.23. The molecule has 5 nitrogen and oxygen atoms in total. The van der Waals surface area contributed by atoms with Crippen LogP contribution in [0, 0.1) is 5.82 Å². The summed E-state index contributed by atoms with van der Waals surface area (Å²) in [7, 11) is 0. The highest BCUT2D eigenvalue weighted by Gasteiger charge is 2.32. The first-order valence-electron chi connectivity index (χ1n) is 6.30. The Kier molecular flexibility index (Phi) is 3.23. The fourth-order valence-electron chi connectivity index (χ4n) is 1.94. The number of halogens is 1. The Morgan fingerprint density at radius 1 is 1.10 bits per heavy atom. The van der Waals surface area contributed by atoms with E-state index in [9.17, 15) is 9.50 Å². The Bertz CT molecular complexity index is 739. The lowest BCUT2D eigenvalue weighted by Gasteiger charge is -2.18. The maximum Gasteiger partial charge on any atom is 0.263 e. The summed E-state index contributed by atoms with van der Waals surface area (Å²) in [5.74, 6) is 0.0126. The molecule has 1 unspecified atom stereocenters. The predicted molar refractivity (Wildman–Crippen MR) is 72.6 cm³/mol. The highest BCUT2D eigenvalue weighted by molar-refractivity contribution is 5.54. The molecule has 0 saturated heterocycles. The van der Waals surface area contributed by atoms with Gasteiger partial charge in [-0.15, -0.1) is 0 Å². The Morgan fingerprint density at radius 2 is 1.76 bits per heavy atom. The van der Waals surface area contributed by atoms with Gasteiger partial charge in [0.15, 0.2) is 5.60 Å². The molecule has 0 saturated carbocycles. The minimum absolute atomic E-state index is 0.0630. The van der Waals surface area contributed by atoms with Gasteiger partial charge in [0, 0.05) is 18.0 Å². The maximum atomic E-state index is 12.9. The van der Waals surface area contributed by atoms with Crippen LogP contribution in [-0.2, 0) is 5.60 Å². The summed E-state index contributed by atoms with van der Waals surface area (Å²) in [5.41, 5.74) is -0.224. The summed E-state index contributed by atoms with van der Waals surface area (Å²) in [6.45, 7) is 1.56. The third-order valence-corrected chi connectivity index (χ3v) is 3.19. The van der Waals surface area contributed by atoms with E-state index in [0.717, 1.165) is 0 Å². The van der Waals surface area contributed by atoms with Crippen molar-refractivity contribution >= 4 is 0 Å². The van der Waals surface area contributed by atoms with Crippen molar-refractivity contribution in [1.82, 2.24) is 15.1 Å². The van der Waals surface area contributed by atoms with Crippen molar-refractivity contribution in [2.75, 3.05) is 0 Å². The van der Waals surface area contributed by atoms with Crippen molar-refractivity contribution in [3.63, 3.8) is 0 Å². The van der Waals surface area contributed by atoms with Gasteiger partial charge in [-0.05, 0) is 48.9 Å². The van der Waals surface area contributed by atoms with Crippen molar-refractivity contribution < 1.29 is 14.0 Å². The molecule has 0 fully saturated rings. The van der Waals surface area contributed by atoms with Gasteiger partial charge in [-0.1, -0.05) is 5.16 Å². The van der Waals surface area contributed by atoms with E-state index in [2.05, 4.69) is 15.1 Å². The molecular weight excluding hydrogens is 273 g/mol. The van der Waals surface area contributed by atoms with Crippen LogP contribution in [0.15, 0.2) is 53.3 Å². The lowest BCUT2D eigenvalue weighted by molar-refractivity contribution is 0.0637. The number of hydrogen-bond acceptors (Lipinski definition) is 5. The van der Waals surface area contributed by atoms with Crippen LogP contribution in [0.5, 0.6) is 0 Å². The summed E-state index contributed by atoms with van der Waals surface area (Å²) in [6.07, 6.45) is 3.14. The lowest BCUT2D eigenvalue weighted by atomic mass is 9.97. The standard InChI is InChI=1S/C15H12FN3O2/c1-15(20,11-6-8-17-9-7-11)14-18-13(19-21-14)10-2-4-12(16)5-3-10/h2-9,20H,1H3. The third kappa shape index (κ3) is 2.53. The van der Waals surface area contributed by atoms with E-state index < -0.39 is 5.60 Å². The van der Waals surface area contributed by atoms with Gasteiger partial charge >= 0.3 is 0 Å². The van der Waals surface area contributed by atoms with Crippen LogP contribution >= 0.6 is 0 Å². The van der Waals surface area contributed by atoms with E-state index in [0.29, 0.717) is 17.0 Å². The molecule has 0 amide bonds. The molecule has 0 aliphatic carbocycles. The molecule has 1 N–H and O–H groups in total. The molecule has 0 spiro atoms. The summed E-state index contributed by atoms with van der Waals surface area (Å²) in [5, 5.41) is 14.4. The normalized spacial score (nSPS) is 13.9. The van der Waals surface area contributed by atoms with Crippen LogP contribution in [-0.4, -0.2) is 20.2 Å². The van der Waals surface area contributed by atoms with Crippen molar-refractivity contribution in [2.45, 2.75) is 12.5 Å². The second-order valence-corrected chi connectivity index (χ2v) is 4.74. The second-order valence-electron chi connectivity index (χ2n) is 4.74. The van der Waals surface area contributed by atoms with Gasteiger partial charge in [0.05, 0.1) is 0 Å². The highest BCUT2D eigenvalue weighted by Crippen LogP contribution is 2.28. The SMILES string of the molecule is CC(O)(c1ccncc1)c1nc(-c2ccc(F)cc2)no1. The minimum atomic E-state index is -1.42. The first-order chi connectivity index (χ1) is 10.1. The number of nitrogens with zero attached hydrogens (tertiary/aromatic N) is 3. The van der Waals surface area contributed by atoms with Gasteiger partial charge in [0.2, 0.25) is 5.82 Å². The quantitative estimate of drug-likeness (QED) is 0.800. The fraction of sp³-hybridized carbons (Fsp3) is 0.133. The fourth-order valence-corrected chi connectivity index (χ4v) is 1.94. The Labute approximate surface area is 120 Å². The van der Waals surface area contributed by atoms with Crippen molar-refractivity contribution in [1.29, 1.82) is 0 Å². The topological polar surface area (TPSA) is 72.0 Å². The number of hydrogen-bond donors (Lipinski definition) is 1. The molecule has 106 valence electrons. The first kappa shape index (κ1) is 13.4. The van der Waals surface area contributed by atoms with Crippen molar-refractivity contribution in [2.24, 2.45) is 0 Å². The van der Waals surface area contributed by atoms with Gasteiger partial charge in [0.1, 0.15) is 5.82 Å². The average molecular weight is 285 g/mol. The smallest absolute Gasteiger partial charge is 0.263 e. The molecule has 1 atom stereocenters. The van der Waals surface area contributed by atoms with Crippen LogP contribution in [0.4, 0.5) is 4.39 Å². The molecule has 21 heavy (non-hydrogen) atoms. The average Bonchev–Trinajstić information content (AvgIpc) is 2.99. The largest absolute Gasteiger partial charge is 0.376 e. The number of rotatable bonds is 3. The first-order valence-corrected chi connectivity index (χ1v) is 6.30. The number of aliphatic hydroxyl groups is 1. The summed E-state index contributed by atoms with van der Waals surface area (Å²) in [4.78, 5) is 8.09. The van der Waals surface area contributed by atoms with E-state index >= 15 is 0 Å². The zero-order valence-electron chi connectivity index (χ0n) is 11.2. The number of benzene rings is 1. The third-order valence-electron chi connectivity index (χ3n) is 3.19. The summed E-state index contributed by atoms with van der Waals surface area (Å²) < 4.78 is 18.1. The van der Waals surface area contributed by atoms with Crippen LogP contribution < -0.4 is 0 Å². The van der Waals surface area contributed by atoms with Crippen LogP contribution in [0.2, 0.25) is 0 Å². The van der Waals surface area contributed by atoms with E-state index in [1.165, 1.54) is 12.1 Å². The van der Waals surface area contributed by atoms with Gasteiger partial charge < -0.3 is 9.63 Å². The molecule has 2 aromatic heterocycles. The van der Waals surface area contributed by atoms with Gasteiger partial charge in [-0.2, -0.15) is 4.98 Å². The molecule has 0 aliphatic heterocycles. The second kappa shape index (κ2) is 5.06. The van der Waals surface area contributed by atoms with E-state index in [4.69, 9.17) is 4.52 Å². The van der Waals surface area contributed by atoms with Crippen LogP contribution in [0.3, 0.4) is 0 Å². The maximum absolute atomic E-state index is 12.9.